The number of ether oxygens (including phenoxy) is 1. The van der Waals surface area contributed by atoms with Crippen molar-refractivity contribution < 1.29 is 30.0 Å². The number of esters is 1. The predicted molar refractivity (Wildman–Crippen MR) is 407 cm³/mol. The van der Waals surface area contributed by atoms with Crippen molar-refractivity contribution >= 4 is 27.6 Å². The van der Waals surface area contributed by atoms with Gasteiger partial charge in [-0.1, -0.05) is 291 Å². The number of hydrogen-bond acceptors (Lipinski definition) is 12. The highest BCUT2D eigenvalue weighted by Gasteiger charge is 2.20. The fourth-order valence-electron chi connectivity index (χ4n) is 12.7. The van der Waals surface area contributed by atoms with Gasteiger partial charge in [-0.3, -0.25) is 24.4 Å². The normalized spacial score (nSPS) is 15.1. The van der Waals surface area contributed by atoms with Gasteiger partial charge in [-0.05, 0) is 122 Å². The third kappa shape index (κ3) is 63.5. The molecule has 0 aromatic carbocycles. The average Bonchev–Trinajstić information content (AvgIpc) is 3.01. The number of hydrogen-bond donors (Lipinski definition) is 4. The van der Waals surface area contributed by atoms with Crippen molar-refractivity contribution in [1.29, 1.82) is 0 Å². The maximum absolute atomic E-state index is 12.9. The van der Waals surface area contributed by atoms with E-state index in [2.05, 4.69) is 95.9 Å². The lowest BCUT2D eigenvalue weighted by Gasteiger charge is -2.34. The second-order valence-electron chi connectivity index (χ2n) is 27.8. The Bertz CT molecular complexity index is 1550. The van der Waals surface area contributed by atoms with Crippen molar-refractivity contribution in [2.45, 2.75) is 360 Å². The van der Waals surface area contributed by atoms with E-state index in [0.29, 0.717) is 52.2 Å². The minimum Gasteiger partial charge on any atom is -0.464 e. The molecule has 1 fully saturated rings. The molecule has 92 heavy (non-hydrogen) atoms. The van der Waals surface area contributed by atoms with E-state index in [1.54, 1.807) is 0 Å². The van der Waals surface area contributed by atoms with Gasteiger partial charge < -0.3 is 25.2 Å². The summed E-state index contributed by atoms with van der Waals surface area (Å²) < 4.78 is 5.76. The van der Waals surface area contributed by atoms with Crippen LogP contribution in [0.4, 0.5) is 0 Å². The summed E-state index contributed by atoms with van der Waals surface area (Å²) in [5.74, 6) is 2.09. The number of aliphatic hydroxyl groups is 4. The summed E-state index contributed by atoms with van der Waals surface area (Å²) in [6.07, 6.45) is 73.3. The first kappa shape index (κ1) is 88.8. The summed E-state index contributed by atoms with van der Waals surface area (Å²) in [5.41, 5.74) is 0. The van der Waals surface area contributed by atoms with Crippen LogP contribution in [0.15, 0.2) is 48.6 Å². The highest BCUT2D eigenvalue weighted by atomic mass is 33.1. The van der Waals surface area contributed by atoms with Gasteiger partial charge in [-0.25, -0.2) is 0 Å². The van der Waals surface area contributed by atoms with Crippen LogP contribution in [0.25, 0.3) is 0 Å². The predicted octanol–water partition coefficient (Wildman–Crippen LogP) is 20.6. The molecule has 0 amide bonds. The molecule has 4 atom stereocenters. The first-order chi connectivity index (χ1) is 45.2. The summed E-state index contributed by atoms with van der Waals surface area (Å²) in [5, 5.41) is 44.6. The van der Waals surface area contributed by atoms with Crippen LogP contribution >= 0.6 is 21.6 Å². The number of piperazine rings is 1. The molecule has 0 aliphatic carbocycles. The van der Waals surface area contributed by atoms with Gasteiger partial charge in [-0.2, -0.15) is 0 Å². The van der Waals surface area contributed by atoms with Crippen molar-refractivity contribution in [2.75, 3.05) is 96.6 Å². The first-order valence-electron chi connectivity index (χ1n) is 39.8. The quantitative estimate of drug-likeness (QED) is 0.0201. The highest BCUT2D eigenvalue weighted by molar-refractivity contribution is 8.76. The van der Waals surface area contributed by atoms with E-state index in [1.807, 2.05) is 21.6 Å². The van der Waals surface area contributed by atoms with Crippen molar-refractivity contribution in [3.63, 3.8) is 0 Å². The van der Waals surface area contributed by atoms with Crippen molar-refractivity contribution in [3.8, 4) is 0 Å². The van der Waals surface area contributed by atoms with Crippen molar-refractivity contribution in [1.82, 2.24) is 19.6 Å². The summed E-state index contributed by atoms with van der Waals surface area (Å²) in [6.45, 7) is 19.5. The van der Waals surface area contributed by atoms with Crippen LogP contribution in [0, 0.1) is 0 Å². The van der Waals surface area contributed by atoms with E-state index in [0.717, 1.165) is 147 Å². The number of rotatable bonds is 72. The zero-order valence-electron chi connectivity index (χ0n) is 61.2. The van der Waals surface area contributed by atoms with Crippen LogP contribution in [0.5, 0.6) is 0 Å². The second-order valence-corrected chi connectivity index (χ2v) is 30.5. The molecule has 0 bridgehead atoms. The molecule has 4 N–H and O–H groups in total. The van der Waals surface area contributed by atoms with Gasteiger partial charge in [-0.15, -0.1) is 0 Å². The Balaban J connectivity index is 2.42. The van der Waals surface area contributed by atoms with E-state index in [4.69, 9.17) is 4.74 Å². The van der Waals surface area contributed by atoms with Crippen LogP contribution in [-0.4, -0.2) is 167 Å². The molecule has 10 nitrogen and oxygen atoms in total. The lowest BCUT2D eigenvalue weighted by atomic mass is 10.0. The Morgan fingerprint density at radius 2 is 0.674 bits per heavy atom. The Hall–Kier alpha value is -1.19. The highest BCUT2D eigenvalue weighted by Crippen LogP contribution is 2.24. The lowest BCUT2D eigenvalue weighted by Crippen LogP contribution is -2.47. The largest absolute Gasteiger partial charge is 0.464 e. The molecule has 1 heterocycles. The van der Waals surface area contributed by atoms with Crippen LogP contribution < -0.4 is 0 Å². The third-order valence-electron chi connectivity index (χ3n) is 18.7. The monoisotopic (exact) mass is 1330 g/mol. The van der Waals surface area contributed by atoms with Gasteiger partial charge in [0.05, 0.1) is 24.4 Å². The number of carbonyl (C=O) groups excluding carboxylic acids is 1. The lowest BCUT2D eigenvalue weighted by molar-refractivity contribution is -0.144. The van der Waals surface area contributed by atoms with Gasteiger partial charge in [0, 0.05) is 83.4 Å². The minimum absolute atomic E-state index is 0.143. The zero-order valence-corrected chi connectivity index (χ0v) is 62.8. The molecular formula is C80H154N4O6S2. The van der Waals surface area contributed by atoms with E-state index in [-0.39, 0.29) is 18.2 Å². The Kier molecular flexibility index (Phi) is 68.6. The second kappa shape index (κ2) is 71.1. The minimum atomic E-state index is -0.409. The molecule has 1 saturated heterocycles. The number of carbonyl (C=O) groups is 1. The molecule has 4 unspecified atom stereocenters. The van der Waals surface area contributed by atoms with E-state index in [1.165, 1.54) is 205 Å². The standard InChI is InChI=1S/C80H154N4O6S2/c1-5-9-13-17-21-25-29-31-33-35-39-43-47-49-56-76(85)72-83(73-77(86)57-50-48-44-40-36-34-32-30-26-22-18-14-10-6-2)61-53-54-70-91-92-71-68-82-65-63-81(64-66-82)67-69-90-80(89)60-55-62-84(74-78(87)58-51-45-41-37-27-23-19-15-11-7-3)75-79(88)59-52-46-42-38-28-24-20-16-12-8-4/h21-22,25-26,31-34,76-79,85-88H,5-20,23-24,27-30,35-75H2,1-4H3/b25-21-,26-22-,33-31-,34-32-. The smallest absolute Gasteiger partial charge is 0.305 e. The molecule has 0 spiro atoms. The zero-order chi connectivity index (χ0) is 66.5. The maximum Gasteiger partial charge on any atom is 0.305 e. The number of unbranched alkanes of at least 4 members (excludes halogenated alkanes) is 33. The van der Waals surface area contributed by atoms with Crippen molar-refractivity contribution in [3.05, 3.63) is 48.6 Å². The molecule has 0 radical (unpaired) electrons. The molecule has 0 saturated carbocycles. The van der Waals surface area contributed by atoms with E-state index >= 15 is 0 Å². The summed E-state index contributed by atoms with van der Waals surface area (Å²) in [4.78, 5) is 22.5. The van der Waals surface area contributed by atoms with Crippen LogP contribution in [0.2, 0.25) is 0 Å². The Morgan fingerprint density at radius 3 is 1.05 bits per heavy atom. The third-order valence-corrected chi connectivity index (χ3v) is 21.1. The summed E-state index contributed by atoms with van der Waals surface area (Å²) in [7, 11) is 3.98. The summed E-state index contributed by atoms with van der Waals surface area (Å²) >= 11 is 0. The first-order valence-corrected chi connectivity index (χ1v) is 42.3. The fourth-order valence-corrected chi connectivity index (χ4v) is 14.8. The van der Waals surface area contributed by atoms with Gasteiger partial charge in [0.15, 0.2) is 0 Å². The van der Waals surface area contributed by atoms with Crippen LogP contribution in [0.1, 0.15) is 336 Å². The topological polar surface area (TPSA) is 120 Å². The van der Waals surface area contributed by atoms with Crippen molar-refractivity contribution in [2.24, 2.45) is 0 Å². The molecule has 1 aliphatic rings. The molecule has 12 heteroatoms. The molecule has 1 rings (SSSR count). The number of aliphatic hydroxyl groups excluding tert-OH is 4. The molecule has 542 valence electrons. The molecule has 0 aromatic heterocycles. The average molecular weight is 1330 g/mol. The molecule has 0 aromatic rings. The molecular weight excluding hydrogens is 1180 g/mol. The Labute approximate surface area is 579 Å². The van der Waals surface area contributed by atoms with Gasteiger partial charge in [0.1, 0.15) is 6.61 Å². The van der Waals surface area contributed by atoms with Gasteiger partial charge in [0.2, 0.25) is 0 Å². The fraction of sp³-hybridized carbons (Fsp3) is 0.887. The van der Waals surface area contributed by atoms with Crippen LogP contribution in [-0.2, 0) is 9.53 Å². The SMILES string of the molecule is CCCCC/C=C\C/C=C\CCCCCCC(O)CN(CCCCSSCCN1CCN(CCOC(=O)CCCN(CC(O)CCCCCCCCCCCC)CC(O)CCCCCCCCCCCC)CC1)CC(O)CCCCCC/C=C\C/C=C\CCCCC. The molecule has 1 aliphatic heterocycles. The summed E-state index contributed by atoms with van der Waals surface area (Å²) in [6, 6.07) is 0. The Morgan fingerprint density at radius 1 is 0.370 bits per heavy atom. The number of allylic oxidation sites excluding steroid dienone is 8. The van der Waals surface area contributed by atoms with Gasteiger partial charge >= 0.3 is 5.97 Å². The number of nitrogens with zero attached hydrogens (tertiary/aromatic N) is 4. The van der Waals surface area contributed by atoms with E-state index in [9.17, 15) is 25.2 Å². The van der Waals surface area contributed by atoms with Gasteiger partial charge in [0.25, 0.3) is 0 Å². The maximum atomic E-state index is 12.9. The van der Waals surface area contributed by atoms with Crippen LogP contribution in [0.3, 0.4) is 0 Å². The van der Waals surface area contributed by atoms with E-state index < -0.39 is 12.2 Å².